The smallest absolute Gasteiger partial charge is 0.379 e. The molecule has 34 heavy (non-hydrogen) atoms. The van der Waals surface area contributed by atoms with Crippen LogP contribution in [0, 0.1) is 59.2 Å². The summed E-state index contributed by atoms with van der Waals surface area (Å²) in [6, 6.07) is 0. The molecular weight excluding hydrogens is 441 g/mol. The van der Waals surface area contributed by atoms with Gasteiger partial charge in [-0.25, -0.2) is 0 Å². The summed E-state index contributed by atoms with van der Waals surface area (Å²) in [7, 11) is 0. The highest BCUT2D eigenvalue weighted by Gasteiger charge is 2.55. The van der Waals surface area contributed by atoms with E-state index in [-0.39, 0.29) is 13.2 Å². The van der Waals surface area contributed by atoms with Gasteiger partial charge < -0.3 is 14.6 Å². The number of hydrogen-bond acceptors (Lipinski definition) is 3. The molecule has 1 N–H and O–H groups in total. The maximum Gasteiger partial charge on any atom is 0.419 e. The third kappa shape index (κ3) is 5.34. The Hall–Kier alpha value is -0.330. The summed E-state index contributed by atoms with van der Waals surface area (Å²) in [4.78, 5) is 0. The minimum absolute atomic E-state index is 0.0781. The van der Waals surface area contributed by atoms with Gasteiger partial charge in [0.05, 0.1) is 19.8 Å². The lowest BCUT2D eigenvalue weighted by molar-refractivity contribution is -0.268. The number of rotatable bonds is 12. The predicted octanol–water partition coefficient (Wildman–Crippen LogP) is 6.73. The van der Waals surface area contributed by atoms with E-state index < -0.39 is 18.4 Å². The normalized spacial score (nSPS) is 43.1. The van der Waals surface area contributed by atoms with Gasteiger partial charge in [-0.1, -0.05) is 40.0 Å². The van der Waals surface area contributed by atoms with Crippen LogP contribution in [-0.4, -0.2) is 43.3 Å². The summed E-state index contributed by atoms with van der Waals surface area (Å²) < 4.78 is 49.0. The van der Waals surface area contributed by atoms with E-state index in [2.05, 4.69) is 20.8 Å². The Morgan fingerprint density at radius 2 is 1.53 bits per heavy atom. The molecule has 0 aromatic rings. The summed E-state index contributed by atoms with van der Waals surface area (Å²) in [6.07, 6.45) is 6.38. The van der Waals surface area contributed by atoms with Gasteiger partial charge in [0.2, 0.25) is 0 Å². The first-order chi connectivity index (χ1) is 16.0. The van der Waals surface area contributed by atoms with E-state index in [0.29, 0.717) is 12.5 Å². The zero-order chi connectivity index (χ0) is 24.7. The van der Waals surface area contributed by atoms with Crippen LogP contribution in [0.4, 0.5) is 13.2 Å². The molecule has 0 radical (unpaired) electrons. The molecule has 0 aliphatic heterocycles. The quantitative estimate of drug-likeness (QED) is 0.310. The number of alkyl halides is 3. The molecule has 4 fully saturated rings. The fourth-order valence-electron chi connectivity index (χ4n) is 8.64. The van der Waals surface area contributed by atoms with Gasteiger partial charge in [-0.3, -0.25) is 0 Å². The van der Waals surface area contributed by atoms with Crippen molar-refractivity contribution in [2.75, 3.05) is 26.4 Å². The third-order valence-corrected chi connectivity index (χ3v) is 10.7. The largest absolute Gasteiger partial charge is 0.419 e. The molecule has 4 aliphatic rings. The zero-order valence-electron chi connectivity index (χ0n) is 21.7. The minimum Gasteiger partial charge on any atom is -0.379 e. The maximum atomic E-state index is 12.7. The van der Waals surface area contributed by atoms with Crippen LogP contribution >= 0.6 is 0 Å². The Morgan fingerprint density at radius 3 is 2.18 bits per heavy atom. The number of ether oxygens (including phenoxy) is 2. The summed E-state index contributed by atoms with van der Waals surface area (Å²) in [6.45, 7) is 8.37. The van der Waals surface area contributed by atoms with Gasteiger partial charge >= 0.3 is 6.18 Å². The van der Waals surface area contributed by atoms with E-state index in [1.807, 2.05) is 0 Å². The van der Waals surface area contributed by atoms with E-state index in [0.717, 1.165) is 60.2 Å². The van der Waals surface area contributed by atoms with E-state index in [9.17, 15) is 18.3 Å². The van der Waals surface area contributed by atoms with Crippen LogP contribution in [0.3, 0.4) is 0 Å². The van der Waals surface area contributed by atoms with E-state index in [1.165, 1.54) is 51.4 Å². The second-order valence-electron chi connectivity index (χ2n) is 12.6. The molecule has 4 bridgehead atoms. The minimum atomic E-state index is -4.69. The topological polar surface area (TPSA) is 38.7 Å². The zero-order valence-corrected chi connectivity index (χ0v) is 21.7. The first-order valence-corrected chi connectivity index (χ1v) is 14.0. The molecule has 11 atom stereocenters. The van der Waals surface area contributed by atoms with Gasteiger partial charge in [-0.05, 0) is 98.2 Å². The summed E-state index contributed by atoms with van der Waals surface area (Å²) in [5.41, 5.74) is -2.81. The van der Waals surface area contributed by atoms with Crippen LogP contribution in [0.2, 0.25) is 0 Å². The van der Waals surface area contributed by atoms with Crippen molar-refractivity contribution in [3.63, 3.8) is 0 Å². The van der Waals surface area contributed by atoms with Crippen molar-refractivity contribution in [2.24, 2.45) is 59.2 Å². The predicted molar refractivity (Wildman–Crippen MR) is 127 cm³/mol. The molecular formula is C28H47F3O3. The molecule has 0 heterocycles. The van der Waals surface area contributed by atoms with Crippen LogP contribution in [0.5, 0.6) is 0 Å². The summed E-state index contributed by atoms with van der Waals surface area (Å²) in [5, 5.41) is 9.44. The highest BCUT2D eigenvalue weighted by Crippen LogP contribution is 2.62. The first-order valence-electron chi connectivity index (χ1n) is 14.0. The van der Waals surface area contributed by atoms with Crippen molar-refractivity contribution < 1.29 is 27.8 Å². The van der Waals surface area contributed by atoms with Crippen LogP contribution in [-0.2, 0) is 9.47 Å². The molecule has 11 unspecified atom stereocenters. The van der Waals surface area contributed by atoms with Gasteiger partial charge in [0.15, 0.2) is 5.60 Å². The number of halogens is 3. The number of fused-ring (bicyclic) bond motifs is 4. The molecule has 0 aromatic heterocycles. The van der Waals surface area contributed by atoms with E-state index in [4.69, 9.17) is 9.47 Å². The average Bonchev–Trinajstić information content (AvgIpc) is 3.50. The molecule has 3 nitrogen and oxygen atoms in total. The average molecular weight is 489 g/mol. The Labute approximate surface area is 204 Å². The van der Waals surface area contributed by atoms with Crippen molar-refractivity contribution in [3.05, 3.63) is 0 Å². The van der Waals surface area contributed by atoms with E-state index >= 15 is 0 Å². The SMILES string of the molecule is CCCCC1CC2CC1C(C)C2CC1C(C)C2CC(COCCOCC(C)(O)C(F)(F)F)C1C2. The molecule has 0 aromatic carbocycles. The standard InChI is InChI=1S/C28H47F3O3/c1-5-6-7-19-10-21-13-23(19)18(3)24(21)14-25-17(2)20-11-22(26(25)12-20)15-33-8-9-34-16-27(4,32)28(29,30)31/h17-26,32H,5-16H2,1-4H3. The van der Waals surface area contributed by atoms with Crippen LogP contribution in [0.25, 0.3) is 0 Å². The van der Waals surface area contributed by atoms with Crippen molar-refractivity contribution in [1.82, 2.24) is 0 Å². The van der Waals surface area contributed by atoms with Gasteiger partial charge in [0.25, 0.3) is 0 Å². The lowest BCUT2D eigenvalue weighted by Crippen LogP contribution is -2.46. The molecule has 6 heteroatoms. The molecule has 0 amide bonds. The fourth-order valence-corrected chi connectivity index (χ4v) is 8.64. The third-order valence-electron chi connectivity index (χ3n) is 10.7. The Kier molecular flexibility index (Phi) is 8.31. The van der Waals surface area contributed by atoms with Crippen LogP contribution < -0.4 is 0 Å². The number of aliphatic hydroxyl groups is 1. The van der Waals surface area contributed by atoms with E-state index in [1.54, 1.807) is 0 Å². The fraction of sp³-hybridized carbons (Fsp3) is 1.00. The Morgan fingerprint density at radius 1 is 0.853 bits per heavy atom. The Bertz CT molecular complexity index is 664. The molecule has 0 spiro atoms. The highest BCUT2D eigenvalue weighted by molar-refractivity contribution is 5.04. The lowest BCUT2D eigenvalue weighted by Gasteiger charge is -2.40. The second-order valence-corrected chi connectivity index (χ2v) is 12.6. The Balaban J connectivity index is 1.20. The monoisotopic (exact) mass is 488 g/mol. The number of unbranched alkanes of at least 4 members (excludes halogenated alkanes) is 1. The highest BCUT2D eigenvalue weighted by atomic mass is 19.4. The lowest BCUT2D eigenvalue weighted by atomic mass is 9.65. The van der Waals surface area contributed by atoms with Gasteiger partial charge in [-0.15, -0.1) is 0 Å². The first kappa shape index (κ1) is 26.7. The van der Waals surface area contributed by atoms with Crippen molar-refractivity contribution >= 4 is 0 Å². The molecule has 4 rings (SSSR count). The molecule has 198 valence electrons. The second kappa shape index (κ2) is 10.6. The van der Waals surface area contributed by atoms with Gasteiger partial charge in [-0.2, -0.15) is 13.2 Å². The van der Waals surface area contributed by atoms with Gasteiger partial charge in [0, 0.05) is 6.61 Å². The molecule has 4 saturated carbocycles. The summed E-state index contributed by atoms with van der Waals surface area (Å²) >= 11 is 0. The van der Waals surface area contributed by atoms with Crippen molar-refractivity contribution in [3.8, 4) is 0 Å². The summed E-state index contributed by atoms with van der Waals surface area (Å²) in [5.74, 6) is 8.46. The van der Waals surface area contributed by atoms with Crippen molar-refractivity contribution in [2.45, 2.75) is 90.8 Å². The van der Waals surface area contributed by atoms with Gasteiger partial charge in [0.1, 0.15) is 0 Å². The van der Waals surface area contributed by atoms with Crippen LogP contribution in [0.15, 0.2) is 0 Å². The molecule has 4 aliphatic carbocycles. The molecule has 0 saturated heterocycles. The maximum absolute atomic E-state index is 12.7. The number of hydrogen-bond donors (Lipinski definition) is 1. The van der Waals surface area contributed by atoms with Crippen molar-refractivity contribution in [1.29, 1.82) is 0 Å². The van der Waals surface area contributed by atoms with Crippen LogP contribution in [0.1, 0.15) is 79.1 Å².